The van der Waals surface area contributed by atoms with Crippen molar-refractivity contribution in [3.05, 3.63) is 197 Å². The number of ether oxygens (including phenoxy) is 2. The van der Waals surface area contributed by atoms with Gasteiger partial charge in [-0.2, -0.15) is 0 Å². The lowest BCUT2D eigenvalue weighted by Crippen LogP contribution is -2.28. The third kappa shape index (κ3) is 7.29. The van der Waals surface area contributed by atoms with E-state index in [2.05, 4.69) is 122 Å². The van der Waals surface area contributed by atoms with Crippen molar-refractivity contribution < 1.29 is 18.3 Å². The van der Waals surface area contributed by atoms with Crippen molar-refractivity contribution in [2.45, 2.75) is 64.1 Å². The molecule has 0 aliphatic heterocycles. The molecule has 280 valence electrons. The molecule has 0 amide bonds. The van der Waals surface area contributed by atoms with Crippen LogP contribution in [0, 0.1) is 5.92 Å². The topological polar surface area (TPSA) is 48.0 Å². The van der Waals surface area contributed by atoms with Gasteiger partial charge in [0.15, 0.2) is 0 Å². The first-order chi connectivity index (χ1) is 27.5. The first-order valence-electron chi connectivity index (χ1n) is 19.8. The van der Waals surface area contributed by atoms with Crippen molar-refractivity contribution in [3.8, 4) is 11.5 Å². The SMILES string of the molecule is CC1(C)c2cc(N(c3ccccc3)c3ccc(C=C(c4ccc(OCc5ccco5)cc4)c4ccc(OCc5ccco5)cc4)cc3)ccc2C2CCCCC21. The number of rotatable bonds is 12. The van der Waals surface area contributed by atoms with Gasteiger partial charge in [0.05, 0.1) is 12.5 Å². The van der Waals surface area contributed by atoms with E-state index in [1.807, 2.05) is 48.5 Å². The average molecular weight is 738 g/mol. The molecule has 5 nitrogen and oxygen atoms in total. The number of hydrogen-bond acceptors (Lipinski definition) is 5. The van der Waals surface area contributed by atoms with Crippen LogP contribution >= 0.6 is 0 Å². The Morgan fingerprint density at radius 1 is 0.625 bits per heavy atom. The number of para-hydroxylation sites is 1. The fourth-order valence-corrected chi connectivity index (χ4v) is 8.94. The summed E-state index contributed by atoms with van der Waals surface area (Å²) < 4.78 is 22.9. The van der Waals surface area contributed by atoms with Gasteiger partial charge in [-0.25, -0.2) is 0 Å². The van der Waals surface area contributed by atoms with Crippen molar-refractivity contribution in [2.75, 3.05) is 4.90 Å². The van der Waals surface area contributed by atoms with E-state index in [1.165, 1.54) is 36.9 Å². The summed E-state index contributed by atoms with van der Waals surface area (Å²) in [7, 11) is 0. The van der Waals surface area contributed by atoms with Crippen LogP contribution in [-0.4, -0.2) is 0 Å². The van der Waals surface area contributed by atoms with Gasteiger partial charge in [0, 0.05) is 17.1 Å². The third-order valence-corrected chi connectivity index (χ3v) is 11.8. The average Bonchev–Trinajstić information content (AvgIpc) is 4.02. The van der Waals surface area contributed by atoms with E-state index >= 15 is 0 Å². The van der Waals surface area contributed by atoms with Gasteiger partial charge in [0.2, 0.25) is 0 Å². The molecule has 2 unspecified atom stereocenters. The van der Waals surface area contributed by atoms with Crippen LogP contribution in [0.25, 0.3) is 11.6 Å². The van der Waals surface area contributed by atoms with Gasteiger partial charge in [-0.1, -0.05) is 87.4 Å². The highest BCUT2D eigenvalue weighted by atomic mass is 16.5. The monoisotopic (exact) mass is 737 g/mol. The second-order valence-electron chi connectivity index (χ2n) is 15.6. The van der Waals surface area contributed by atoms with Gasteiger partial charge < -0.3 is 23.2 Å². The molecule has 7 aromatic rings. The molecule has 56 heavy (non-hydrogen) atoms. The maximum atomic E-state index is 6.01. The normalized spacial score (nSPS) is 16.8. The summed E-state index contributed by atoms with van der Waals surface area (Å²) in [6.45, 7) is 5.71. The Hall–Kier alpha value is -6.20. The zero-order chi connectivity index (χ0) is 37.9. The molecule has 2 heterocycles. The number of benzene rings is 5. The van der Waals surface area contributed by atoms with Crippen LogP contribution in [0.2, 0.25) is 0 Å². The van der Waals surface area contributed by atoms with Crippen LogP contribution in [0.5, 0.6) is 11.5 Å². The number of fused-ring (bicyclic) bond motifs is 3. The minimum atomic E-state index is 0.164. The number of furan rings is 2. The summed E-state index contributed by atoms with van der Waals surface area (Å²) in [6, 6.07) is 51.0. The molecular weight excluding hydrogens is 691 g/mol. The van der Waals surface area contributed by atoms with E-state index in [0.717, 1.165) is 62.6 Å². The second kappa shape index (κ2) is 15.5. The van der Waals surface area contributed by atoms with Crippen molar-refractivity contribution in [1.29, 1.82) is 0 Å². The molecule has 5 heteroatoms. The maximum absolute atomic E-state index is 6.01. The van der Waals surface area contributed by atoms with Gasteiger partial charge >= 0.3 is 0 Å². The lowest BCUT2D eigenvalue weighted by molar-refractivity contribution is 0.233. The van der Waals surface area contributed by atoms with E-state index in [0.29, 0.717) is 19.1 Å². The summed E-state index contributed by atoms with van der Waals surface area (Å²) in [4.78, 5) is 2.40. The molecule has 0 saturated heterocycles. The van der Waals surface area contributed by atoms with Crippen LogP contribution in [-0.2, 0) is 18.6 Å². The molecule has 1 fully saturated rings. The molecule has 1 saturated carbocycles. The molecule has 0 N–H and O–H groups in total. The minimum Gasteiger partial charge on any atom is -0.486 e. The van der Waals surface area contributed by atoms with Gasteiger partial charge in [0.25, 0.3) is 0 Å². The summed E-state index contributed by atoms with van der Waals surface area (Å²) in [5, 5.41) is 0. The number of hydrogen-bond donors (Lipinski definition) is 0. The van der Waals surface area contributed by atoms with Crippen molar-refractivity contribution in [3.63, 3.8) is 0 Å². The molecule has 0 radical (unpaired) electrons. The number of nitrogens with zero attached hydrogens (tertiary/aromatic N) is 1. The van der Waals surface area contributed by atoms with E-state index < -0.39 is 0 Å². The molecule has 2 aliphatic carbocycles. The number of anilines is 3. The van der Waals surface area contributed by atoms with E-state index in [4.69, 9.17) is 18.3 Å². The van der Waals surface area contributed by atoms with Crippen LogP contribution < -0.4 is 14.4 Å². The maximum Gasteiger partial charge on any atom is 0.146 e. The molecule has 0 spiro atoms. The van der Waals surface area contributed by atoms with Gasteiger partial charge in [0.1, 0.15) is 36.2 Å². The highest BCUT2D eigenvalue weighted by molar-refractivity contribution is 5.92. The summed E-state index contributed by atoms with van der Waals surface area (Å²) in [6.07, 6.45) is 10.9. The Labute approximate surface area is 329 Å². The standard InChI is InChI=1S/C51H47NO4/c1-51(2)49-15-7-6-14-46(49)47-29-24-41(33-50(47)51)52(39-10-4-3-5-11-39)40-22-16-36(17-23-40)32-48(37-18-25-42(26-19-37)55-34-44-12-8-30-53-44)38-20-27-43(28-21-38)56-35-45-13-9-31-54-45/h3-5,8-13,16-33,46,49H,6-7,14-15,34-35H2,1-2H3. The highest BCUT2D eigenvalue weighted by Gasteiger charge is 2.46. The lowest BCUT2D eigenvalue weighted by Gasteiger charge is -2.35. The van der Waals surface area contributed by atoms with Gasteiger partial charge in [-0.15, -0.1) is 0 Å². The van der Waals surface area contributed by atoms with E-state index in [1.54, 1.807) is 18.1 Å². The lowest BCUT2D eigenvalue weighted by atomic mass is 9.70. The largest absolute Gasteiger partial charge is 0.486 e. The predicted octanol–water partition coefficient (Wildman–Crippen LogP) is 13.7. The molecule has 5 aromatic carbocycles. The zero-order valence-corrected chi connectivity index (χ0v) is 32.1. The predicted molar refractivity (Wildman–Crippen MR) is 225 cm³/mol. The van der Waals surface area contributed by atoms with Crippen LogP contribution in [0.15, 0.2) is 167 Å². The molecule has 9 rings (SSSR count). The minimum absolute atomic E-state index is 0.164. The van der Waals surface area contributed by atoms with Crippen LogP contribution in [0.4, 0.5) is 17.1 Å². The first-order valence-corrected chi connectivity index (χ1v) is 19.8. The Bertz CT molecular complexity index is 2290. The fraction of sp³-hybridized carbons (Fsp3) is 0.216. The third-order valence-electron chi connectivity index (χ3n) is 11.8. The summed E-state index contributed by atoms with van der Waals surface area (Å²) >= 11 is 0. The Morgan fingerprint density at radius 3 is 1.79 bits per heavy atom. The zero-order valence-electron chi connectivity index (χ0n) is 32.1. The molecular formula is C51H47NO4. The molecule has 2 atom stereocenters. The molecule has 0 bridgehead atoms. The molecule has 2 aliphatic rings. The van der Waals surface area contributed by atoms with Crippen LogP contribution in [0.3, 0.4) is 0 Å². The van der Waals surface area contributed by atoms with Crippen molar-refractivity contribution in [2.24, 2.45) is 5.92 Å². The quantitative estimate of drug-likeness (QED) is 0.117. The van der Waals surface area contributed by atoms with Gasteiger partial charge in [-0.3, -0.25) is 0 Å². The van der Waals surface area contributed by atoms with Crippen LogP contribution in [0.1, 0.15) is 84.8 Å². The van der Waals surface area contributed by atoms with Gasteiger partial charge in [-0.05, 0) is 154 Å². The summed E-state index contributed by atoms with van der Waals surface area (Å²) in [5.41, 5.74) is 11.1. The fourth-order valence-electron chi connectivity index (χ4n) is 8.94. The smallest absolute Gasteiger partial charge is 0.146 e. The molecule has 2 aromatic heterocycles. The summed E-state index contributed by atoms with van der Waals surface area (Å²) in [5.74, 6) is 4.55. The van der Waals surface area contributed by atoms with E-state index in [9.17, 15) is 0 Å². The van der Waals surface area contributed by atoms with E-state index in [-0.39, 0.29) is 5.41 Å². The van der Waals surface area contributed by atoms with Crippen molar-refractivity contribution >= 4 is 28.7 Å². The Morgan fingerprint density at radius 2 is 1.20 bits per heavy atom. The van der Waals surface area contributed by atoms with Crippen molar-refractivity contribution in [1.82, 2.24) is 0 Å². The Kier molecular flexibility index (Phi) is 9.83. The highest BCUT2D eigenvalue weighted by Crippen LogP contribution is 2.57. The first kappa shape index (κ1) is 35.5. The second-order valence-corrected chi connectivity index (χ2v) is 15.6. The Balaban J connectivity index is 1.03.